The molecule has 0 spiro atoms. The number of rotatable bonds is 7. The zero-order valence-corrected chi connectivity index (χ0v) is 13.1. The number of benzene rings is 2. The van der Waals surface area contributed by atoms with Crippen LogP contribution in [0.4, 0.5) is 11.4 Å². The zero-order valence-electron chi connectivity index (χ0n) is 13.1. The van der Waals surface area contributed by atoms with Gasteiger partial charge in [0.25, 0.3) is 0 Å². The number of ether oxygens (including phenoxy) is 1. The second-order valence-electron chi connectivity index (χ2n) is 4.92. The Morgan fingerprint density at radius 2 is 1.71 bits per heavy atom. The predicted octanol–water partition coefficient (Wildman–Crippen LogP) is 4.15. The Morgan fingerprint density at radius 1 is 1.00 bits per heavy atom. The summed E-state index contributed by atoms with van der Waals surface area (Å²) in [5.41, 5.74) is 3.63. The van der Waals surface area contributed by atoms with E-state index in [1.165, 1.54) is 11.3 Å². The van der Waals surface area contributed by atoms with E-state index < -0.39 is 0 Å². The van der Waals surface area contributed by atoms with E-state index in [0.717, 1.165) is 31.1 Å². The summed E-state index contributed by atoms with van der Waals surface area (Å²) in [4.78, 5) is 2.35. The molecule has 0 saturated heterocycles. The fourth-order valence-electron chi connectivity index (χ4n) is 2.35. The van der Waals surface area contributed by atoms with Crippen LogP contribution in [0.25, 0.3) is 0 Å². The molecule has 0 fully saturated rings. The first-order chi connectivity index (χ1) is 10.3. The Morgan fingerprint density at radius 3 is 2.33 bits per heavy atom. The average Bonchev–Trinajstić information content (AvgIpc) is 2.55. The first-order valence-electron chi connectivity index (χ1n) is 7.48. The van der Waals surface area contributed by atoms with Crippen LogP contribution >= 0.6 is 0 Å². The molecule has 0 aliphatic heterocycles. The van der Waals surface area contributed by atoms with Crippen LogP contribution in [0, 0.1) is 0 Å². The molecule has 112 valence electrons. The van der Waals surface area contributed by atoms with Crippen molar-refractivity contribution in [3.8, 4) is 5.75 Å². The maximum atomic E-state index is 5.23. The molecule has 0 aromatic heterocycles. The van der Waals surface area contributed by atoms with Crippen LogP contribution in [-0.4, -0.2) is 20.2 Å². The van der Waals surface area contributed by atoms with Gasteiger partial charge in [-0.05, 0) is 43.7 Å². The summed E-state index contributed by atoms with van der Waals surface area (Å²) in [5, 5.41) is 3.42. The highest BCUT2D eigenvalue weighted by molar-refractivity contribution is 5.50. The van der Waals surface area contributed by atoms with Crippen molar-refractivity contribution in [2.24, 2.45) is 0 Å². The second kappa shape index (κ2) is 7.58. The molecule has 0 aliphatic carbocycles. The molecule has 0 unspecified atom stereocenters. The van der Waals surface area contributed by atoms with E-state index in [-0.39, 0.29) is 0 Å². The smallest absolute Gasteiger partial charge is 0.120 e. The summed E-state index contributed by atoms with van der Waals surface area (Å²) in [7, 11) is 1.69. The molecule has 2 rings (SSSR count). The van der Waals surface area contributed by atoms with Crippen LogP contribution in [-0.2, 0) is 6.54 Å². The maximum absolute atomic E-state index is 5.23. The summed E-state index contributed by atoms with van der Waals surface area (Å²) >= 11 is 0. The Hall–Kier alpha value is -2.16. The molecule has 0 atom stereocenters. The zero-order chi connectivity index (χ0) is 15.1. The molecular weight excluding hydrogens is 260 g/mol. The molecule has 0 bridgehead atoms. The second-order valence-corrected chi connectivity index (χ2v) is 4.92. The minimum absolute atomic E-state index is 0.811. The fourth-order valence-corrected chi connectivity index (χ4v) is 2.35. The Labute approximate surface area is 127 Å². The topological polar surface area (TPSA) is 24.5 Å². The monoisotopic (exact) mass is 284 g/mol. The van der Waals surface area contributed by atoms with Gasteiger partial charge in [0.05, 0.1) is 7.11 Å². The van der Waals surface area contributed by atoms with Crippen molar-refractivity contribution < 1.29 is 4.74 Å². The predicted molar refractivity (Wildman–Crippen MR) is 90.3 cm³/mol. The summed E-state index contributed by atoms with van der Waals surface area (Å²) in [6.07, 6.45) is 0. The summed E-state index contributed by atoms with van der Waals surface area (Å²) in [6, 6.07) is 16.7. The maximum Gasteiger partial charge on any atom is 0.120 e. The first-order valence-corrected chi connectivity index (χ1v) is 7.48. The number of hydrogen-bond acceptors (Lipinski definition) is 3. The van der Waals surface area contributed by atoms with Crippen molar-refractivity contribution in [1.82, 2.24) is 0 Å². The van der Waals surface area contributed by atoms with Crippen molar-refractivity contribution in [2.75, 3.05) is 30.4 Å². The van der Waals surface area contributed by atoms with Gasteiger partial charge < -0.3 is 15.0 Å². The molecular formula is C18H24N2O. The quantitative estimate of drug-likeness (QED) is 0.826. The van der Waals surface area contributed by atoms with Gasteiger partial charge in [0.15, 0.2) is 0 Å². The highest BCUT2D eigenvalue weighted by Gasteiger charge is 2.01. The molecule has 0 aliphatic rings. The number of hydrogen-bond donors (Lipinski definition) is 1. The van der Waals surface area contributed by atoms with Crippen LogP contribution in [0.1, 0.15) is 19.4 Å². The highest BCUT2D eigenvalue weighted by Crippen LogP contribution is 2.19. The lowest BCUT2D eigenvalue weighted by molar-refractivity contribution is 0.415. The minimum Gasteiger partial charge on any atom is -0.497 e. The molecule has 3 nitrogen and oxygen atoms in total. The highest BCUT2D eigenvalue weighted by atomic mass is 16.5. The number of nitrogens with one attached hydrogen (secondary N) is 1. The lowest BCUT2D eigenvalue weighted by Gasteiger charge is -2.21. The lowest BCUT2D eigenvalue weighted by Crippen LogP contribution is -2.21. The van der Waals surface area contributed by atoms with Crippen molar-refractivity contribution >= 4 is 11.4 Å². The van der Waals surface area contributed by atoms with Gasteiger partial charge in [-0.2, -0.15) is 0 Å². The molecule has 2 aromatic carbocycles. The van der Waals surface area contributed by atoms with E-state index in [9.17, 15) is 0 Å². The van der Waals surface area contributed by atoms with E-state index >= 15 is 0 Å². The molecule has 0 radical (unpaired) electrons. The standard InChI is InChI=1S/C18H24N2O/c1-4-20(5-2)17-11-9-15(10-12-17)14-19-16-7-6-8-18(13-16)21-3/h6-13,19H,4-5,14H2,1-3H3. The summed E-state index contributed by atoms with van der Waals surface area (Å²) in [6.45, 7) is 7.25. The van der Waals surface area contributed by atoms with Gasteiger partial charge in [-0.25, -0.2) is 0 Å². The average molecular weight is 284 g/mol. The van der Waals surface area contributed by atoms with E-state index in [1.54, 1.807) is 7.11 Å². The Kier molecular flexibility index (Phi) is 5.50. The van der Waals surface area contributed by atoms with E-state index in [0.29, 0.717) is 0 Å². The molecule has 0 heterocycles. The third-order valence-corrected chi connectivity index (χ3v) is 3.63. The lowest BCUT2D eigenvalue weighted by atomic mass is 10.2. The van der Waals surface area contributed by atoms with E-state index in [1.807, 2.05) is 24.3 Å². The molecule has 0 amide bonds. The van der Waals surface area contributed by atoms with Crippen molar-refractivity contribution in [1.29, 1.82) is 0 Å². The van der Waals surface area contributed by atoms with E-state index in [2.05, 4.69) is 48.3 Å². The van der Waals surface area contributed by atoms with Gasteiger partial charge in [-0.3, -0.25) is 0 Å². The molecule has 3 heteroatoms. The van der Waals surface area contributed by atoms with Crippen LogP contribution in [0.2, 0.25) is 0 Å². The van der Waals surface area contributed by atoms with Crippen LogP contribution in [0.3, 0.4) is 0 Å². The van der Waals surface area contributed by atoms with Crippen molar-refractivity contribution in [3.63, 3.8) is 0 Å². The summed E-state index contributed by atoms with van der Waals surface area (Å²) < 4.78 is 5.23. The van der Waals surface area contributed by atoms with Gasteiger partial charge in [0.2, 0.25) is 0 Å². The third kappa shape index (κ3) is 4.15. The van der Waals surface area contributed by atoms with Gasteiger partial charge in [-0.15, -0.1) is 0 Å². The normalized spacial score (nSPS) is 10.2. The SMILES string of the molecule is CCN(CC)c1ccc(CNc2cccc(OC)c2)cc1. The van der Waals surface area contributed by atoms with Crippen LogP contribution in [0.5, 0.6) is 5.75 Å². The molecule has 1 N–H and O–H groups in total. The van der Waals surface area contributed by atoms with Gasteiger partial charge in [0, 0.05) is 37.1 Å². The largest absolute Gasteiger partial charge is 0.497 e. The van der Waals surface area contributed by atoms with Gasteiger partial charge in [-0.1, -0.05) is 18.2 Å². The minimum atomic E-state index is 0.811. The van der Waals surface area contributed by atoms with Crippen molar-refractivity contribution in [3.05, 3.63) is 54.1 Å². The molecule has 2 aromatic rings. The number of nitrogens with zero attached hydrogens (tertiary/aromatic N) is 1. The van der Waals surface area contributed by atoms with Gasteiger partial charge in [0.1, 0.15) is 5.75 Å². The molecule has 0 saturated carbocycles. The number of methoxy groups -OCH3 is 1. The van der Waals surface area contributed by atoms with Crippen LogP contribution in [0.15, 0.2) is 48.5 Å². The third-order valence-electron chi connectivity index (χ3n) is 3.63. The van der Waals surface area contributed by atoms with Gasteiger partial charge >= 0.3 is 0 Å². The Balaban J connectivity index is 1.97. The van der Waals surface area contributed by atoms with E-state index in [4.69, 9.17) is 4.74 Å². The van der Waals surface area contributed by atoms with Crippen molar-refractivity contribution in [2.45, 2.75) is 20.4 Å². The Bertz CT molecular complexity index is 547. The number of anilines is 2. The first kappa shape index (κ1) is 15.2. The fraction of sp³-hybridized carbons (Fsp3) is 0.333. The summed E-state index contributed by atoms with van der Waals surface area (Å²) in [5.74, 6) is 0.872. The van der Waals surface area contributed by atoms with Crippen LogP contribution < -0.4 is 15.0 Å². The molecule has 21 heavy (non-hydrogen) atoms.